The number of hydrogen-bond acceptors (Lipinski definition) is 5. The van der Waals surface area contributed by atoms with Crippen LogP contribution >= 0.6 is 0 Å². The molecule has 6 heteroatoms. The molecule has 0 aliphatic rings. The number of hydrogen-bond donors (Lipinski definition) is 0. The molecule has 0 radical (unpaired) electrons. The highest BCUT2D eigenvalue weighted by molar-refractivity contribution is 4.89. The van der Waals surface area contributed by atoms with Crippen molar-refractivity contribution < 1.29 is 14.2 Å². The van der Waals surface area contributed by atoms with Crippen molar-refractivity contribution in [3.05, 3.63) is 11.9 Å². The molecule has 1 aromatic rings. The normalized spacial score (nSPS) is 11.5. The number of nitrogens with zero attached hydrogens (tertiary/aromatic N) is 3. The molecule has 0 N–H and O–H groups in total. The summed E-state index contributed by atoms with van der Waals surface area (Å²) in [5, 5.41) is 8.15. The number of ether oxygens (including phenoxy) is 3. The lowest BCUT2D eigenvalue weighted by molar-refractivity contribution is 0.0419. The van der Waals surface area contributed by atoms with Crippen molar-refractivity contribution in [3.8, 4) is 0 Å². The van der Waals surface area contributed by atoms with Crippen LogP contribution in [0.25, 0.3) is 0 Å². The molecule has 0 amide bonds. The minimum atomic E-state index is 0.533. The minimum Gasteiger partial charge on any atom is -0.379 e. The smallest absolute Gasteiger partial charge is 0.108 e. The van der Waals surface area contributed by atoms with E-state index in [1.807, 2.05) is 6.20 Å². The predicted molar refractivity (Wildman–Crippen MR) is 90.3 cm³/mol. The Morgan fingerprint density at radius 1 is 1.00 bits per heavy atom. The van der Waals surface area contributed by atoms with E-state index in [4.69, 9.17) is 14.2 Å². The monoisotopic (exact) mass is 327 g/mol. The molecule has 0 aromatic carbocycles. The molecule has 134 valence electrons. The maximum atomic E-state index is 5.54. The van der Waals surface area contributed by atoms with Gasteiger partial charge in [0.2, 0.25) is 0 Å². The SMILES string of the molecule is CCCCOCc1cn(CCOCCOCCCC(C)C)nn1. The van der Waals surface area contributed by atoms with Crippen LogP contribution in [0.2, 0.25) is 0 Å². The molecule has 0 aliphatic heterocycles. The van der Waals surface area contributed by atoms with Crippen molar-refractivity contribution in [1.29, 1.82) is 0 Å². The molecule has 0 aliphatic carbocycles. The Bertz CT molecular complexity index is 383. The summed E-state index contributed by atoms with van der Waals surface area (Å²) < 4.78 is 18.4. The van der Waals surface area contributed by atoms with Gasteiger partial charge in [-0.15, -0.1) is 5.10 Å². The molecule has 23 heavy (non-hydrogen) atoms. The summed E-state index contributed by atoms with van der Waals surface area (Å²) in [5.74, 6) is 0.750. The van der Waals surface area contributed by atoms with Gasteiger partial charge in [0, 0.05) is 13.2 Å². The van der Waals surface area contributed by atoms with E-state index >= 15 is 0 Å². The van der Waals surface area contributed by atoms with E-state index < -0.39 is 0 Å². The van der Waals surface area contributed by atoms with Gasteiger partial charge in [-0.1, -0.05) is 32.4 Å². The molecular formula is C17H33N3O3. The van der Waals surface area contributed by atoms with Crippen molar-refractivity contribution in [3.63, 3.8) is 0 Å². The first kappa shape index (κ1) is 20.1. The zero-order chi connectivity index (χ0) is 16.8. The molecular weight excluding hydrogens is 294 g/mol. The Hall–Kier alpha value is -0.980. The van der Waals surface area contributed by atoms with E-state index in [0.717, 1.165) is 44.1 Å². The second-order valence-corrected chi connectivity index (χ2v) is 6.14. The molecule has 0 saturated heterocycles. The van der Waals surface area contributed by atoms with Gasteiger partial charge in [0.05, 0.1) is 39.2 Å². The van der Waals surface area contributed by atoms with E-state index in [2.05, 4.69) is 31.1 Å². The van der Waals surface area contributed by atoms with Gasteiger partial charge in [-0.3, -0.25) is 0 Å². The highest BCUT2D eigenvalue weighted by Gasteiger charge is 2.01. The van der Waals surface area contributed by atoms with Gasteiger partial charge in [-0.2, -0.15) is 0 Å². The maximum Gasteiger partial charge on any atom is 0.108 e. The lowest BCUT2D eigenvalue weighted by Crippen LogP contribution is -2.11. The molecule has 0 atom stereocenters. The van der Waals surface area contributed by atoms with E-state index in [1.54, 1.807) is 4.68 Å². The first-order chi connectivity index (χ1) is 11.2. The predicted octanol–water partition coefficient (Wildman–Crippen LogP) is 3.06. The van der Waals surface area contributed by atoms with E-state index in [1.165, 1.54) is 6.42 Å². The summed E-state index contributed by atoms with van der Waals surface area (Å²) in [6.45, 7) is 11.4. The summed E-state index contributed by atoms with van der Waals surface area (Å²) in [6.07, 6.45) is 6.49. The van der Waals surface area contributed by atoms with Crippen LogP contribution in [-0.2, 0) is 27.4 Å². The Labute approximate surface area is 140 Å². The van der Waals surface area contributed by atoms with Crippen molar-refractivity contribution in [1.82, 2.24) is 15.0 Å². The van der Waals surface area contributed by atoms with Crippen molar-refractivity contribution in [2.75, 3.05) is 33.0 Å². The maximum absolute atomic E-state index is 5.54. The number of rotatable bonds is 15. The van der Waals surface area contributed by atoms with Crippen LogP contribution in [0.15, 0.2) is 6.20 Å². The van der Waals surface area contributed by atoms with Gasteiger partial charge in [0.25, 0.3) is 0 Å². The van der Waals surface area contributed by atoms with Gasteiger partial charge in [0.1, 0.15) is 5.69 Å². The molecule has 1 aromatic heterocycles. The molecule has 0 saturated carbocycles. The highest BCUT2D eigenvalue weighted by atomic mass is 16.5. The van der Waals surface area contributed by atoms with Crippen LogP contribution in [-0.4, -0.2) is 48.0 Å². The second-order valence-electron chi connectivity index (χ2n) is 6.14. The average Bonchev–Trinajstić information content (AvgIpc) is 2.97. The topological polar surface area (TPSA) is 58.4 Å². The zero-order valence-electron chi connectivity index (χ0n) is 15.0. The quantitative estimate of drug-likeness (QED) is 0.463. The Morgan fingerprint density at radius 3 is 2.48 bits per heavy atom. The fourth-order valence-corrected chi connectivity index (χ4v) is 2.01. The standard InChI is InChI=1S/C17H33N3O3/c1-4-5-9-23-15-17-14-20(19-18-17)8-11-22-13-12-21-10-6-7-16(2)3/h14,16H,4-13,15H2,1-3H3. The third-order valence-electron chi connectivity index (χ3n) is 3.39. The van der Waals surface area contributed by atoms with Crippen molar-refractivity contribution in [2.45, 2.75) is 59.6 Å². The highest BCUT2D eigenvalue weighted by Crippen LogP contribution is 2.03. The summed E-state index contributed by atoms with van der Waals surface area (Å²) >= 11 is 0. The Balaban J connectivity index is 1.94. The fourth-order valence-electron chi connectivity index (χ4n) is 2.01. The fraction of sp³-hybridized carbons (Fsp3) is 0.882. The van der Waals surface area contributed by atoms with Gasteiger partial charge in [-0.25, -0.2) is 4.68 Å². The summed E-state index contributed by atoms with van der Waals surface area (Å²) in [7, 11) is 0. The summed E-state index contributed by atoms with van der Waals surface area (Å²) in [5.41, 5.74) is 0.870. The molecule has 1 rings (SSSR count). The first-order valence-electron chi connectivity index (χ1n) is 8.84. The van der Waals surface area contributed by atoms with Gasteiger partial charge >= 0.3 is 0 Å². The lowest BCUT2D eigenvalue weighted by atomic mass is 10.1. The first-order valence-corrected chi connectivity index (χ1v) is 8.84. The summed E-state index contributed by atoms with van der Waals surface area (Å²) in [6, 6.07) is 0. The van der Waals surface area contributed by atoms with Crippen LogP contribution in [0.3, 0.4) is 0 Å². The largest absolute Gasteiger partial charge is 0.379 e. The average molecular weight is 327 g/mol. The third kappa shape index (κ3) is 11.2. The van der Waals surface area contributed by atoms with Gasteiger partial charge < -0.3 is 14.2 Å². The molecule has 0 bridgehead atoms. The Kier molecular flexibility index (Phi) is 11.7. The lowest BCUT2D eigenvalue weighted by Gasteiger charge is -2.07. The van der Waals surface area contributed by atoms with Crippen LogP contribution in [0.5, 0.6) is 0 Å². The summed E-state index contributed by atoms with van der Waals surface area (Å²) in [4.78, 5) is 0. The van der Waals surface area contributed by atoms with Gasteiger partial charge in [0.15, 0.2) is 0 Å². The van der Waals surface area contributed by atoms with Crippen LogP contribution in [0.1, 0.15) is 52.1 Å². The third-order valence-corrected chi connectivity index (χ3v) is 3.39. The van der Waals surface area contributed by atoms with Crippen LogP contribution in [0, 0.1) is 5.92 Å². The van der Waals surface area contributed by atoms with E-state index in [0.29, 0.717) is 33.0 Å². The van der Waals surface area contributed by atoms with E-state index in [9.17, 15) is 0 Å². The molecule has 0 unspecified atom stereocenters. The van der Waals surface area contributed by atoms with Crippen molar-refractivity contribution in [2.24, 2.45) is 5.92 Å². The van der Waals surface area contributed by atoms with Crippen molar-refractivity contribution >= 4 is 0 Å². The second kappa shape index (κ2) is 13.5. The molecule has 0 fully saturated rings. The van der Waals surface area contributed by atoms with Crippen LogP contribution in [0.4, 0.5) is 0 Å². The number of aromatic nitrogens is 3. The molecule has 1 heterocycles. The molecule has 0 spiro atoms. The van der Waals surface area contributed by atoms with E-state index in [-0.39, 0.29) is 0 Å². The Morgan fingerprint density at radius 2 is 1.74 bits per heavy atom. The zero-order valence-corrected chi connectivity index (χ0v) is 15.0. The minimum absolute atomic E-state index is 0.533. The van der Waals surface area contributed by atoms with Gasteiger partial charge in [-0.05, 0) is 25.2 Å². The molecule has 6 nitrogen and oxygen atoms in total. The number of unbranched alkanes of at least 4 members (excludes halogenated alkanes) is 1. The van der Waals surface area contributed by atoms with Crippen LogP contribution < -0.4 is 0 Å².